The molecule has 1 saturated heterocycles. The van der Waals surface area contributed by atoms with Gasteiger partial charge in [0, 0.05) is 37.6 Å². The van der Waals surface area contributed by atoms with Gasteiger partial charge in [-0.1, -0.05) is 24.3 Å². The van der Waals surface area contributed by atoms with Crippen molar-refractivity contribution in [3.63, 3.8) is 0 Å². The van der Waals surface area contributed by atoms with Crippen molar-refractivity contribution in [3.05, 3.63) is 72.6 Å². The molecule has 4 rings (SSSR count). The first kappa shape index (κ1) is 17.8. The third-order valence-corrected chi connectivity index (χ3v) is 4.87. The lowest BCUT2D eigenvalue weighted by atomic mass is 10.2. The fourth-order valence-corrected chi connectivity index (χ4v) is 3.43. The summed E-state index contributed by atoms with van der Waals surface area (Å²) < 4.78 is 1.68. The Morgan fingerprint density at radius 1 is 0.929 bits per heavy atom. The average Bonchev–Trinajstić information content (AvgIpc) is 3.24. The highest BCUT2D eigenvalue weighted by atomic mass is 16.2. The molecule has 0 aliphatic carbocycles. The minimum Gasteiger partial charge on any atom is -0.368 e. The van der Waals surface area contributed by atoms with Gasteiger partial charge < -0.3 is 15.1 Å². The van der Waals surface area contributed by atoms with Crippen molar-refractivity contribution in [3.8, 4) is 5.69 Å². The number of aromatic nitrogens is 2. The van der Waals surface area contributed by atoms with Gasteiger partial charge in [0.1, 0.15) is 5.69 Å². The number of nitrogens with one attached hydrogen (secondary N) is 1. The second kappa shape index (κ2) is 7.96. The molecule has 0 saturated carbocycles. The van der Waals surface area contributed by atoms with E-state index in [-0.39, 0.29) is 5.91 Å². The molecular weight excluding hydrogens is 354 g/mol. The molecule has 1 aliphatic rings. The summed E-state index contributed by atoms with van der Waals surface area (Å²) in [6.07, 6.45) is 2.33. The lowest BCUT2D eigenvalue weighted by molar-refractivity contribution is -0.105. The molecule has 1 N–H and O–H groups in total. The quantitative estimate of drug-likeness (QED) is 0.695. The van der Waals surface area contributed by atoms with Crippen LogP contribution >= 0.6 is 0 Å². The summed E-state index contributed by atoms with van der Waals surface area (Å²) >= 11 is 0. The van der Waals surface area contributed by atoms with Crippen LogP contribution < -0.4 is 10.2 Å². The average molecular weight is 375 g/mol. The molecule has 3 aromatic rings. The highest BCUT2D eigenvalue weighted by Gasteiger charge is 2.25. The van der Waals surface area contributed by atoms with Crippen LogP contribution in [-0.2, 0) is 4.79 Å². The van der Waals surface area contributed by atoms with Gasteiger partial charge in [0.15, 0.2) is 0 Å². The summed E-state index contributed by atoms with van der Waals surface area (Å²) in [5, 5.41) is 6.99. The Balaban J connectivity index is 1.45. The number of hydrogen-bond acceptors (Lipinski definition) is 4. The Bertz CT molecular complexity index is 962. The maximum absolute atomic E-state index is 13.0. The normalized spacial score (nSPS) is 14.0. The molecule has 2 amide bonds. The molecule has 2 heterocycles. The Hall–Kier alpha value is -3.61. The molecule has 7 heteroatoms. The second-order valence-electron chi connectivity index (χ2n) is 6.56. The number of carbonyl (C=O) groups is 2. The summed E-state index contributed by atoms with van der Waals surface area (Å²) in [6.45, 7) is 2.72. The summed E-state index contributed by atoms with van der Waals surface area (Å²) in [6, 6.07) is 19.1. The monoisotopic (exact) mass is 375 g/mol. The predicted octanol–water partition coefficient (Wildman–Crippen LogP) is 2.40. The Morgan fingerprint density at radius 3 is 2.43 bits per heavy atom. The number of rotatable bonds is 5. The van der Waals surface area contributed by atoms with E-state index < -0.39 is 0 Å². The SMILES string of the molecule is O=CNc1cccc(N2CCN(C(=O)c3ccnn3-c3ccccc3)CC2)c1. The van der Waals surface area contributed by atoms with Crippen molar-refractivity contribution in [2.45, 2.75) is 0 Å². The van der Waals surface area contributed by atoms with E-state index >= 15 is 0 Å². The maximum Gasteiger partial charge on any atom is 0.272 e. The van der Waals surface area contributed by atoms with E-state index in [4.69, 9.17) is 0 Å². The van der Waals surface area contributed by atoms with Crippen LogP contribution in [0.25, 0.3) is 5.69 Å². The molecule has 0 radical (unpaired) electrons. The standard InChI is InChI=1S/C21H21N5O2/c27-16-22-17-5-4-8-19(15-17)24-11-13-25(14-12-24)21(28)20-9-10-23-26(20)18-6-2-1-3-7-18/h1-10,15-16H,11-14H2,(H,22,27). The number of amides is 2. The van der Waals surface area contributed by atoms with Gasteiger partial charge in [0.2, 0.25) is 6.41 Å². The molecule has 28 heavy (non-hydrogen) atoms. The summed E-state index contributed by atoms with van der Waals surface area (Å²) in [5.41, 5.74) is 3.23. The Kier molecular flexibility index (Phi) is 5.05. The van der Waals surface area contributed by atoms with Crippen LogP contribution in [0.1, 0.15) is 10.5 Å². The minimum absolute atomic E-state index is 0.0163. The first-order chi connectivity index (χ1) is 13.8. The number of carbonyl (C=O) groups excluding carboxylic acids is 2. The van der Waals surface area contributed by atoms with Gasteiger partial charge >= 0.3 is 0 Å². The zero-order chi connectivity index (χ0) is 19.3. The zero-order valence-electron chi connectivity index (χ0n) is 15.4. The first-order valence-corrected chi connectivity index (χ1v) is 9.20. The predicted molar refractivity (Wildman–Crippen MR) is 108 cm³/mol. The lowest BCUT2D eigenvalue weighted by Crippen LogP contribution is -2.49. The summed E-state index contributed by atoms with van der Waals surface area (Å²) in [5.74, 6) is -0.0163. The molecule has 1 aromatic heterocycles. The van der Waals surface area contributed by atoms with E-state index in [1.165, 1.54) is 0 Å². The maximum atomic E-state index is 13.0. The van der Waals surface area contributed by atoms with Crippen LogP contribution in [0.3, 0.4) is 0 Å². The van der Waals surface area contributed by atoms with Gasteiger partial charge in [-0.3, -0.25) is 9.59 Å². The Labute approximate surface area is 163 Å². The third-order valence-electron chi connectivity index (χ3n) is 4.87. The highest BCUT2D eigenvalue weighted by molar-refractivity contribution is 5.93. The highest BCUT2D eigenvalue weighted by Crippen LogP contribution is 2.21. The van der Waals surface area contributed by atoms with Crippen molar-refractivity contribution in [1.82, 2.24) is 14.7 Å². The molecule has 2 aromatic carbocycles. The second-order valence-corrected chi connectivity index (χ2v) is 6.56. The van der Waals surface area contributed by atoms with E-state index in [1.54, 1.807) is 16.9 Å². The lowest BCUT2D eigenvalue weighted by Gasteiger charge is -2.36. The number of piperazine rings is 1. The Morgan fingerprint density at radius 2 is 1.68 bits per heavy atom. The fourth-order valence-electron chi connectivity index (χ4n) is 3.43. The van der Waals surface area contributed by atoms with Gasteiger partial charge in [0.25, 0.3) is 5.91 Å². The molecule has 0 unspecified atom stereocenters. The number of hydrogen-bond donors (Lipinski definition) is 1. The molecule has 1 aliphatic heterocycles. The fraction of sp³-hybridized carbons (Fsp3) is 0.190. The number of benzene rings is 2. The van der Waals surface area contributed by atoms with E-state index in [1.807, 2.05) is 59.5 Å². The van der Waals surface area contributed by atoms with Gasteiger partial charge in [-0.05, 0) is 36.4 Å². The summed E-state index contributed by atoms with van der Waals surface area (Å²) in [4.78, 5) is 27.8. The molecule has 0 atom stereocenters. The van der Waals surface area contributed by atoms with E-state index in [0.29, 0.717) is 25.2 Å². The smallest absolute Gasteiger partial charge is 0.272 e. The molecule has 7 nitrogen and oxygen atoms in total. The first-order valence-electron chi connectivity index (χ1n) is 9.20. The number of para-hydroxylation sites is 1. The molecule has 0 bridgehead atoms. The topological polar surface area (TPSA) is 70.5 Å². The van der Waals surface area contributed by atoms with Crippen LogP contribution in [0.15, 0.2) is 66.9 Å². The molecular formula is C21H21N5O2. The number of nitrogens with zero attached hydrogens (tertiary/aromatic N) is 4. The van der Waals surface area contributed by atoms with Crippen LogP contribution in [0.2, 0.25) is 0 Å². The largest absolute Gasteiger partial charge is 0.368 e. The van der Waals surface area contributed by atoms with Gasteiger partial charge in [-0.15, -0.1) is 0 Å². The van der Waals surface area contributed by atoms with E-state index in [2.05, 4.69) is 15.3 Å². The van der Waals surface area contributed by atoms with Gasteiger partial charge in [-0.25, -0.2) is 4.68 Å². The van der Waals surface area contributed by atoms with Crippen molar-refractivity contribution in [1.29, 1.82) is 0 Å². The number of anilines is 2. The van der Waals surface area contributed by atoms with Crippen molar-refractivity contribution < 1.29 is 9.59 Å². The van der Waals surface area contributed by atoms with Crippen molar-refractivity contribution in [2.24, 2.45) is 0 Å². The van der Waals surface area contributed by atoms with E-state index in [9.17, 15) is 9.59 Å². The van der Waals surface area contributed by atoms with Gasteiger partial charge in [-0.2, -0.15) is 5.10 Å². The van der Waals surface area contributed by atoms with Crippen molar-refractivity contribution in [2.75, 3.05) is 36.4 Å². The minimum atomic E-state index is -0.0163. The molecule has 142 valence electrons. The molecule has 0 spiro atoms. The molecule has 1 fully saturated rings. The third kappa shape index (κ3) is 3.59. The van der Waals surface area contributed by atoms with Crippen LogP contribution in [0, 0.1) is 0 Å². The van der Waals surface area contributed by atoms with Crippen LogP contribution in [0.4, 0.5) is 11.4 Å². The van der Waals surface area contributed by atoms with Crippen LogP contribution in [-0.4, -0.2) is 53.2 Å². The van der Waals surface area contributed by atoms with Gasteiger partial charge in [0.05, 0.1) is 11.9 Å². The van der Waals surface area contributed by atoms with Crippen molar-refractivity contribution >= 4 is 23.7 Å². The van der Waals surface area contributed by atoms with Crippen LogP contribution in [0.5, 0.6) is 0 Å². The zero-order valence-corrected chi connectivity index (χ0v) is 15.4. The summed E-state index contributed by atoms with van der Waals surface area (Å²) in [7, 11) is 0. The van der Waals surface area contributed by atoms with E-state index in [0.717, 1.165) is 30.2 Å².